The highest BCUT2D eigenvalue weighted by molar-refractivity contribution is 9.09. The fourth-order valence-electron chi connectivity index (χ4n) is 1.40. The number of hydrogen-bond donors (Lipinski definition) is 0. The molecule has 14 heavy (non-hydrogen) atoms. The summed E-state index contributed by atoms with van der Waals surface area (Å²) in [6.07, 6.45) is 4.60. The summed E-state index contributed by atoms with van der Waals surface area (Å²) in [5.74, 6) is 0.575. The van der Waals surface area contributed by atoms with Gasteiger partial charge in [-0.1, -0.05) is 15.9 Å². The molecule has 74 valence electrons. The molecule has 0 saturated carbocycles. The molecule has 1 fully saturated rings. The van der Waals surface area contributed by atoms with Crippen molar-refractivity contribution in [3.05, 3.63) is 24.3 Å². The van der Waals surface area contributed by atoms with Crippen LogP contribution in [0.5, 0.6) is 0 Å². The lowest BCUT2D eigenvalue weighted by atomic mass is 10.0. The third-order valence-electron chi connectivity index (χ3n) is 2.24. The van der Waals surface area contributed by atoms with Gasteiger partial charge in [0.15, 0.2) is 0 Å². The van der Waals surface area contributed by atoms with E-state index >= 15 is 0 Å². The number of nitrogens with zero attached hydrogens (tertiary/aromatic N) is 3. The molecule has 1 amide bonds. The van der Waals surface area contributed by atoms with Crippen LogP contribution in [-0.4, -0.2) is 39.2 Å². The Labute approximate surface area is 90.5 Å². The first-order valence-electron chi connectivity index (χ1n) is 4.42. The largest absolute Gasteiger partial charge is 0.337 e. The van der Waals surface area contributed by atoms with Gasteiger partial charge in [-0.2, -0.15) is 0 Å². The number of likely N-dealkylation sites (tertiary alicyclic amines) is 1. The number of carbonyl (C=O) groups is 1. The number of carbonyl (C=O) groups excluding carboxylic acids is 1. The summed E-state index contributed by atoms with van der Waals surface area (Å²) in [6.45, 7) is 1.64. The van der Waals surface area contributed by atoms with Crippen LogP contribution in [0.15, 0.2) is 18.6 Å². The van der Waals surface area contributed by atoms with Gasteiger partial charge in [0.05, 0.1) is 6.20 Å². The third-order valence-corrected chi connectivity index (χ3v) is 3.16. The van der Waals surface area contributed by atoms with E-state index in [1.165, 1.54) is 12.4 Å². The van der Waals surface area contributed by atoms with Crippen molar-refractivity contribution in [3.8, 4) is 0 Å². The van der Waals surface area contributed by atoms with Crippen molar-refractivity contribution in [1.82, 2.24) is 14.9 Å². The van der Waals surface area contributed by atoms with Gasteiger partial charge < -0.3 is 4.90 Å². The van der Waals surface area contributed by atoms with Crippen molar-refractivity contribution in [2.24, 2.45) is 5.92 Å². The molecular formula is C9H10BrN3O. The lowest BCUT2D eigenvalue weighted by Crippen LogP contribution is -2.50. The van der Waals surface area contributed by atoms with Gasteiger partial charge in [0.25, 0.3) is 5.91 Å². The van der Waals surface area contributed by atoms with E-state index in [9.17, 15) is 4.79 Å². The second kappa shape index (κ2) is 4.04. The van der Waals surface area contributed by atoms with E-state index in [-0.39, 0.29) is 5.91 Å². The number of rotatable bonds is 2. The van der Waals surface area contributed by atoms with E-state index in [1.807, 2.05) is 0 Å². The Bertz CT molecular complexity index is 324. The van der Waals surface area contributed by atoms with Crippen LogP contribution >= 0.6 is 15.9 Å². The van der Waals surface area contributed by atoms with Gasteiger partial charge in [-0.25, -0.2) is 4.98 Å². The lowest BCUT2D eigenvalue weighted by molar-refractivity contribution is 0.0532. The Morgan fingerprint density at radius 3 is 2.93 bits per heavy atom. The highest BCUT2D eigenvalue weighted by atomic mass is 79.9. The average molecular weight is 256 g/mol. The van der Waals surface area contributed by atoms with Crippen molar-refractivity contribution in [1.29, 1.82) is 0 Å². The van der Waals surface area contributed by atoms with Crippen molar-refractivity contribution in [2.75, 3.05) is 18.4 Å². The van der Waals surface area contributed by atoms with Crippen LogP contribution in [0.1, 0.15) is 10.5 Å². The Hall–Kier alpha value is -0.970. The van der Waals surface area contributed by atoms with Crippen LogP contribution < -0.4 is 0 Å². The van der Waals surface area contributed by atoms with Crippen molar-refractivity contribution in [3.63, 3.8) is 0 Å². The van der Waals surface area contributed by atoms with E-state index in [2.05, 4.69) is 25.9 Å². The fourth-order valence-corrected chi connectivity index (χ4v) is 1.81. The molecule has 0 N–H and O–H groups in total. The Kier molecular flexibility index (Phi) is 2.77. The summed E-state index contributed by atoms with van der Waals surface area (Å²) in [5.41, 5.74) is 0.431. The molecule has 1 saturated heterocycles. The molecule has 0 aliphatic carbocycles. The van der Waals surface area contributed by atoms with Crippen molar-refractivity contribution in [2.45, 2.75) is 0 Å². The van der Waals surface area contributed by atoms with Crippen LogP contribution in [0.2, 0.25) is 0 Å². The molecule has 2 heterocycles. The molecule has 0 spiro atoms. The molecule has 5 heteroatoms. The molecule has 0 unspecified atom stereocenters. The molecule has 1 aliphatic rings. The van der Waals surface area contributed by atoms with E-state index < -0.39 is 0 Å². The average Bonchev–Trinajstić information content (AvgIpc) is 2.17. The standard InChI is InChI=1S/C9H10BrN3O/c10-3-7-5-13(6-7)9(14)8-4-11-1-2-12-8/h1-2,4,7H,3,5-6H2. The van der Waals surface area contributed by atoms with Crippen LogP contribution in [-0.2, 0) is 0 Å². The van der Waals surface area contributed by atoms with Crippen LogP contribution in [0.25, 0.3) is 0 Å². The molecule has 1 aromatic heterocycles. The monoisotopic (exact) mass is 255 g/mol. The van der Waals surface area contributed by atoms with Gasteiger partial charge >= 0.3 is 0 Å². The molecule has 0 atom stereocenters. The second-order valence-corrected chi connectivity index (χ2v) is 3.97. The number of halogens is 1. The summed E-state index contributed by atoms with van der Waals surface area (Å²) in [6, 6.07) is 0. The maximum absolute atomic E-state index is 11.7. The molecular weight excluding hydrogens is 246 g/mol. The van der Waals surface area contributed by atoms with Gasteiger partial charge in [0.1, 0.15) is 5.69 Å². The van der Waals surface area contributed by atoms with E-state index in [0.717, 1.165) is 18.4 Å². The summed E-state index contributed by atoms with van der Waals surface area (Å²) in [4.78, 5) is 21.3. The summed E-state index contributed by atoms with van der Waals surface area (Å²) < 4.78 is 0. The Morgan fingerprint density at radius 2 is 2.36 bits per heavy atom. The molecule has 0 bridgehead atoms. The molecule has 1 aliphatic heterocycles. The quantitative estimate of drug-likeness (QED) is 0.740. The van der Waals surface area contributed by atoms with Crippen molar-refractivity contribution < 1.29 is 4.79 Å². The van der Waals surface area contributed by atoms with E-state index in [4.69, 9.17) is 0 Å². The minimum absolute atomic E-state index is 0.0182. The maximum Gasteiger partial charge on any atom is 0.274 e. The van der Waals surface area contributed by atoms with Crippen LogP contribution in [0.4, 0.5) is 0 Å². The summed E-state index contributed by atoms with van der Waals surface area (Å²) in [5, 5.41) is 0.956. The first kappa shape index (κ1) is 9.58. The fraction of sp³-hybridized carbons (Fsp3) is 0.444. The summed E-state index contributed by atoms with van der Waals surface area (Å²) in [7, 11) is 0. The first-order chi connectivity index (χ1) is 6.81. The molecule has 1 aromatic rings. The molecule has 2 rings (SSSR count). The predicted octanol–water partition coefficient (Wildman–Crippen LogP) is 0.943. The maximum atomic E-state index is 11.7. The Balaban J connectivity index is 1.98. The minimum atomic E-state index is -0.0182. The van der Waals surface area contributed by atoms with Gasteiger partial charge in [0, 0.05) is 36.7 Å². The van der Waals surface area contributed by atoms with Gasteiger partial charge in [-0.15, -0.1) is 0 Å². The highest BCUT2D eigenvalue weighted by Crippen LogP contribution is 2.19. The highest BCUT2D eigenvalue weighted by Gasteiger charge is 2.30. The topological polar surface area (TPSA) is 46.1 Å². The van der Waals surface area contributed by atoms with Gasteiger partial charge in [-0.3, -0.25) is 9.78 Å². The molecule has 0 aromatic carbocycles. The number of alkyl halides is 1. The Morgan fingerprint density at radius 1 is 1.57 bits per heavy atom. The molecule has 4 nitrogen and oxygen atoms in total. The molecule has 0 radical (unpaired) electrons. The zero-order valence-corrected chi connectivity index (χ0v) is 9.14. The van der Waals surface area contributed by atoms with Crippen molar-refractivity contribution >= 4 is 21.8 Å². The predicted molar refractivity (Wildman–Crippen MR) is 55.2 cm³/mol. The summed E-state index contributed by atoms with van der Waals surface area (Å²) >= 11 is 3.39. The zero-order chi connectivity index (χ0) is 9.97. The number of hydrogen-bond acceptors (Lipinski definition) is 3. The second-order valence-electron chi connectivity index (χ2n) is 3.32. The van der Waals surface area contributed by atoms with E-state index in [1.54, 1.807) is 11.1 Å². The van der Waals surface area contributed by atoms with Crippen LogP contribution in [0.3, 0.4) is 0 Å². The number of amides is 1. The normalized spacial score (nSPS) is 16.5. The van der Waals surface area contributed by atoms with Gasteiger partial charge in [-0.05, 0) is 0 Å². The van der Waals surface area contributed by atoms with Crippen LogP contribution in [0, 0.1) is 5.92 Å². The smallest absolute Gasteiger partial charge is 0.274 e. The minimum Gasteiger partial charge on any atom is -0.337 e. The zero-order valence-electron chi connectivity index (χ0n) is 7.56. The van der Waals surface area contributed by atoms with Gasteiger partial charge in [0.2, 0.25) is 0 Å². The van der Waals surface area contributed by atoms with E-state index in [0.29, 0.717) is 11.6 Å². The lowest BCUT2D eigenvalue weighted by Gasteiger charge is -2.37. The SMILES string of the molecule is O=C(c1cnccn1)N1CC(CBr)C1. The third kappa shape index (κ3) is 1.77. The first-order valence-corrected chi connectivity index (χ1v) is 5.54. The number of aromatic nitrogens is 2.